The van der Waals surface area contributed by atoms with Crippen molar-refractivity contribution in [2.24, 2.45) is 29.1 Å². The van der Waals surface area contributed by atoms with Crippen LogP contribution in [0, 0.1) is 29.1 Å². The first-order chi connectivity index (χ1) is 16.6. The summed E-state index contributed by atoms with van der Waals surface area (Å²) in [6.07, 6.45) is 11.1. The Bertz CT molecular complexity index is 1030. The van der Waals surface area contributed by atoms with Crippen molar-refractivity contribution in [3.63, 3.8) is 0 Å². The van der Waals surface area contributed by atoms with E-state index in [0.29, 0.717) is 41.0 Å². The van der Waals surface area contributed by atoms with Gasteiger partial charge in [-0.1, -0.05) is 6.07 Å². The fraction of sp³-hybridized carbons (Fsp3) is 0.759. The summed E-state index contributed by atoms with van der Waals surface area (Å²) < 4.78 is 0. The van der Waals surface area contributed by atoms with Crippen LogP contribution in [0.2, 0.25) is 0 Å². The summed E-state index contributed by atoms with van der Waals surface area (Å²) in [4.78, 5) is 19.0. The predicted molar refractivity (Wildman–Crippen MR) is 131 cm³/mol. The topological polar surface area (TPSA) is 55.8 Å². The van der Waals surface area contributed by atoms with Crippen LogP contribution in [0.5, 0.6) is 5.75 Å². The molecule has 7 atom stereocenters. The maximum absolute atomic E-state index is 13.8. The van der Waals surface area contributed by atoms with Crippen LogP contribution >= 0.6 is 0 Å². The van der Waals surface area contributed by atoms with E-state index in [0.717, 1.165) is 44.8 Å². The molecule has 7 aliphatic rings. The third-order valence-corrected chi connectivity index (χ3v) is 11.7. The lowest BCUT2D eigenvalue weighted by Crippen LogP contribution is -2.70. The second-order valence-corrected chi connectivity index (χ2v) is 13.0. The number of carbonyl (C=O) groups excluding carboxylic acids is 1. The molecule has 5 heteroatoms. The van der Waals surface area contributed by atoms with Crippen molar-refractivity contribution in [2.75, 3.05) is 32.7 Å². The minimum Gasteiger partial charge on any atom is -0.508 e. The quantitative estimate of drug-likeness (QED) is 0.725. The smallest absolute Gasteiger partial charge is 0.227 e. The fourth-order valence-electron chi connectivity index (χ4n) is 10.5. The number of nitrogens with zero attached hydrogens (tertiary/aromatic N) is 2. The van der Waals surface area contributed by atoms with Crippen molar-refractivity contribution in [3.8, 4) is 5.75 Å². The maximum atomic E-state index is 13.8. The number of piperidine rings is 2. The van der Waals surface area contributed by atoms with Gasteiger partial charge in [0.1, 0.15) is 5.75 Å². The Morgan fingerprint density at radius 1 is 1.18 bits per heavy atom. The molecule has 3 aliphatic heterocycles. The lowest BCUT2D eigenvalue weighted by molar-refractivity contribution is -0.144. The molecule has 5 unspecified atom stereocenters. The molecular formula is C29H39N3O2. The summed E-state index contributed by atoms with van der Waals surface area (Å²) in [5.41, 5.74) is 3.45. The van der Waals surface area contributed by atoms with Gasteiger partial charge >= 0.3 is 0 Å². The maximum Gasteiger partial charge on any atom is 0.227 e. The van der Waals surface area contributed by atoms with E-state index in [1.54, 1.807) is 0 Å². The van der Waals surface area contributed by atoms with Crippen molar-refractivity contribution in [1.29, 1.82) is 0 Å². The number of rotatable bonds is 3. The van der Waals surface area contributed by atoms with Crippen LogP contribution in [0.25, 0.3) is 0 Å². The molecule has 34 heavy (non-hydrogen) atoms. The van der Waals surface area contributed by atoms with Crippen molar-refractivity contribution < 1.29 is 9.90 Å². The number of hydrogen-bond acceptors (Lipinski definition) is 4. The van der Waals surface area contributed by atoms with E-state index in [2.05, 4.69) is 27.2 Å². The van der Waals surface area contributed by atoms with Crippen LogP contribution in [0.4, 0.5) is 0 Å². The average Bonchev–Trinajstić information content (AvgIpc) is 3.55. The van der Waals surface area contributed by atoms with Gasteiger partial charge in [-0.05, 0) is 117 Å². The van der Waals surface area contributed by atoms with E-state index in [1.807, 2.05) is 6.07 Å². The van der Waals surface area contributed by atoms with Crippen LogP contribution in [0.15, 0.2) is 18.2 Å². The summed E-state index contributed by atoms with van der Waals surface area (Å²) in [6.45, 7) is 5.41. The Balaban J connectivity index is 1.22. The van der Waals surface area contributed by atoms with Gasteiger partial charge in [-0.2, -0.15) is 0 Å². The van der Waals surface area contributed by atoms with E-state index < -0.39 is 0 Å². The van der Waals surface area contributed by atoms with Crippen LogP contribution in [0.1, 0.15) is 62.5 Å². The molecule has 1 aromatic rings. The number of nitrogens with one attached hydrogen (secondary N) is 1. The highest BCUT2D eigenvalue weighted by Gasteiger charge is 2.76. The SMILES string of the molecule is O=C([C@H]1CCCNC1)N1C[C@H]2CC34CCC1C2C31CCN(CC2CC2)C4Cc2ccc(O)cc21. The molecule has 0 aromatic heterocycles. The van der Waals surface area contributed by atoms with Gasteiger partial charge in [0.15, 0.2) is 0 Å². The van der Waals surface area contributed by atoms with Crippen LogP contribution in [-0.4, -0.2) is 65.6 Å². The molecule has 4 bridgehead atoms. The predicted octanol–water partition coefficient (Wildman–Crippen LogP) is 3.30. The van der Waals surface area contributed by atoms with E-state index in [9.17, 15) is 9.90 Å². The summed E-state index contributed by atoms with van der Waals surface area (Å²) in [5.74, 6) is 3.18. The molecule has 4 aliphatic carbocycles. The summed E-state index contributed by atoms with van der Waals surface area (Å²) in [6, 6.07) is 7.35. The lowest BCUT2D eigenvalue weighted by atomic mass is 9.43. The van der Waals surface area contributed by atoms with Crippen molar-refractivity contribution in [1.82, 2.24) is 15.1 Å². The molecule has 8 rings (SSSR count). The minimum atomic E-state index is 0.150. The van der Waals surface area contributed by atoms with Crippen LogP contribution in [0.3, 0.4) is 0 Å². The zero-order chi connectivity index (χ0) is 22.7. The van der Waals surface area contributed by atoms with Crippen molar-refractivity contribution >= 4 is 5.91 Å². The standard InChI is InChI=1S/C29H39N3O2/c33-22-6-5-19-12-25-28-8-7-24-26(21(14-28)17-32(24)27(34)20-2-1-10-30-15-20)29(28,23(19)13-22)9-11-31(25)16-18-3-4-18/h5-6,13,18,20-21,24-26,30,33H,1-4,7-12,14-17H2/t20-,21+,24?,25?,26?,28?,29?/m0/s1. The molecule has 2 N–H and O–H groups in total. The molecule has 3 saturated heterocycles. The van der Waals surface area contributed by atoms with Crippen LogP contribution in [-0.2, 0) is 16.6 Å². The zero-order valence-electron chi connectivity index (χ0n) is 20.3. The van der Waals surface area contributed by atoms with Gasteiger partial charge in [0.2, 0.25) is 5.91 Å². The molecule has 6 fully saturated rings. The van der Waals surface area contributed by atoms with Crippen molar-refractivity contribution in [3.05, 3.63) is 29.3 Å². The molecule has 3 saturated carbocycles. The van der Waals surface area contributed by atoms with E-state index in [-0.39, 0.29) is 11.3 Å². The molecule has 1 amide bonds. The number of phenolic OH excluding ortho intramolecular Hbond substituents is 1. The van der Waals surface area contributed by atoms with E-state index in [4.69, 9.17) is 0 Å². The van der Waals surface area contributed by atoms with Gasteiger partial charge < -0.3 is 15.3 Å². The molecule has 3 heterocycles. The van der Waals surface area contributed by atoms with E-state index in [1.165, 1.54) is 62.7 Å². The summed E-state index contributed by atoms with van der Waals surface area (Å²) in [7, 11) is 0. The Kier molecular flexibility index (Phi) is 4.24. The monoisotopic (exact) mass is 461 g/mol. The number of phenols is 1. The fourth-order valence-corrected chi connectivity index (χ4v) is 10.5. The van der Waals surface area contributed by atoms with Gasteiger partial charge in [0.05, 0.1) is 5.92 Å². The second-order valence-electron chi connectivity index (χ2n) is 13.0. The summed E-state index contributed by atoms with van der Waals surface area (Å²) >= 11 is 0. The molecular weight excluding hydrogens is 422 g/mol. The van der Waals surface area contributed by atoms with E-state index >= 15 is 0 Å². The number of aromatic hydroxyl groups is 1. The highest BCUT2D eigenvalue weighted by molar-refractivity contribution is 5.80. The van der Waals surface area contributed by atoms with Gasteiger partial charge in [0, 0.05) is 37.1 Å². The first-order valence-corrected chi connectivity index (χ1v) is 14.2. The first-order valence-electron chi connectivity index (χ1n) is 14.2. The average molecular weight is 462 g/mol. The number of hydrogen-bond donors (Lipinski definition) is 2. The highest BCUT2D eigenvalue weighted by Crippen LogP contribution is 2.75. The van der Waals surface area contributed by atoms with Crippen molar-refractivity contribution in [2.45, 2.75) is 75.3 Å². The molecule has 182 valence electrons. The van der Waals surface area contributed by atoms with Gasteiger partial charge in [-0.15, -0.1) is 0 Å². The van der Waals surface area contributed by atoms with Gasteiger partial charge in [-0.3, -0.25) is 9.69 Å². The zero-order valence-corrected chi connectivity index (χ0v) is 20.3. The lowest BCUT2D eigenvalue weighted by Gasteiger charge is -2.66. The Labute approximate surface area is 203 Å². The number of likely N-dealkylation sites (tertiary alicyclic amines) is 2. The van der Waals surface area contributed by atoms with Gasteiger partial charge in [-0.25, -0.2) is 0 Å². The van der Waals surface area contributed by atoms with Gasteiger partial charge in [0.25, 0.3) is 0 Å². The Morgan fingerprint density at radius 2 is 2.09 bits per heavy atom. The van der Waals surface area contributed by atoms with Crippen LogP contribution < -0.4 is 5.32 Å². The normalized spacial score (nSPS) is 44.6. The highest BCUT2D eigenvalue weighted by atomic mass is 16.3. The molecule has 0 spiro atoms. The minimum absolute atomic E-state index is 0.150. The number of amides is 1. The second kappa shape index (κ2) is 7.00. The summed E-state index contributed by atoms with van der Waals surface area (Å²) in [5, 5.41) is 14.1. The Morgan fingerprint density at radius 3 is 2.91 bits per heavy atom. The molecule has 0 radical (unpaired) electrons. The number of benzene rings is 1. The first kappa shape index (κ1) is 20.6. The number of carbonyl (C=O) groups is 1. The molecule has 5 nitrogen and oxygen atoms in total. The third-order valence-electron chi connectivity index (χ3n) is 11.7. The Hall–Kier alpha value is -1.59. The largest absolute Gasteiger partial charge is 0.508 e. The third kappa shape index (κ3) is 2.51. The number of fused-ring (bicyclic) bond motifs is 1. The molecule has 1 aromatic carbocycles.